The maximum Gasteiger partial charge on any atom is 0.247 e. The SMILES string of the molecule is CC(CNC1CC(=O)N(C2CC2)C1=O)c1ccccc1. The Hall–Kier alpha value is -1.68. The van der Waals surface area contributed by atoms with Crippen molar-refractivity contribution in [2.45, 2.75) is 44.2 Å². The number of rotatable bonds is 5. The summed E-state index contributed by atoms with van der Waals surface area (Å²) in [6.45, 7) is 2.84. The van der Waals surface area contributed by atoms with Gasteiger partial charge in [0, 0.05) is 12.6 Å². The van der Waals surface area contributed by atoms with Crippen LogP contribution in [0, 0.1) is 0 Å². The molecule has 3 rings (SSSR count). The van der Waals surface area contributed by atoms with Crippen LogP contribution in [0.15, 0.2) is 30.3 Å². The topological polar surface area (TPSA) is 49.4 Å². The molecule has 0 radical (unpaired) electrons. The van der Waals surface area contributed by atoms with Gasteiger partial charge in [0.15, 0.2) is 0 Å². The van der Waals surface area contributed by atoms with E-state index in [-0.39, 0.29) is 23.9 Å². The minimum Gasteiger partial charge on any atom is -0.305 e. The smallest absolute Gasteiger partial charge is 0.247 e. The lowest BCUT2D eigenvalue weighted by Crippen LogP contribution is -2.40. The lowest BCUT2D eigenvalue weighted by molar-refractivity contribution is -0.139. The van der Waals surface area contributed by atoms with E-state index in [2.05, 4.69) is 24.4 Å². The van der Waals surface area contributed by atoms with Crippen molar-refractivity contribution >= 4 is 11.8 Å². The van der Waals surface area contributed by atoms with E-state index in [0.29, 0.717) is 18.9 Å². The van der Waals surface area contributed by atoms with Crippen molar-refractivity contribution in [1.82, 2.24) is 10.2 Å². The normalized spacial score (nSPS) is 24.2. The summed E-state index contributed by atoms with van der Waals surface area (Å²) in [7, 11) is 0. The van der Waals surface area contributed by atoms with Gasteiger partial charge >= 0.3 is 0 Å². The number of likely N-dealkylation sites (tertiary alicyclic amines) is 1. The maximum absolute atomic E-state index is 12.2. The minimum atomic E-state index is -0.325. The predicted molar refractivity (Wildman–Crippen MR) is 76.1 cm³/mol. The zero-order valence-electron chi connectivity index (χ0n) is 11.7. The van der Waals surface area contributed by atoms with Gasteiger partial charge in [0.1, 0.15) is 0 Å². The molecule has 1 aromatic rings. The van der Waals surface area contributed by atoms with Gasteiger partial charge in [0.2, 0.25) is 11.8 Å². The van der Waals surface area contributed by atoms with Crippen molar-refractivity contribution in [3.05, 3.63) is 35.9 Å². The first-order valence-corrected chi connectivity index (χ1v) is 7.31. The van der Waals surface area contributed by atoms with Gasteiger partial charge in [0.25, 0.3) is 0 Å². The molecule has 2 unspecified atom stereocenters. The molecule has 2 atom stereocenters. The molecule has 4 heteroatoms. The van der Waals surface area contributed by atoms with Crippen molar-refractivity contribution in [1.29, 1.82) is 0 Å². The number of hydrogen-bond donors (Lipinski definition) is 1. The Kier molecular flexibility index (Phi) is 3.57. The molecule has 20 heavy (non-hydrogen) atoms. The largest absolute Gasteiger partial charge is 0.305 e. The fourth-order valence-electron chi connectivity index (χ4n) is 2.75. The molecule has 106 valence electrons. The molecule has 2 fully saturated rings. The first-order valence-electron chi connectivity index (χ1n) is 7.31. The van der Waals surface area contributed by atoms with Crippen LogP contribution in [0.4, 0.5) is 0 Å². The molecule has 2 aliphatic rings. The van der Waals surface area contributed by atoms with E-state index >= 15 is 0 Å². The third-order valence-corrected chi connectivity index (χ3v) is 4.13. The van der Waals surface area contributed by atoms with Gasteiger partial charge in [-0.2, -0.15) is 0 Å². The lowest BCUT2D eigenvalue weighted by Gasteiger charge is -2.17. The molecule has 0 spiro atoms. The van der Waals surface area contributed by atoms with Crippen LogP contribution in [0.2, 0.25) is 0 Å². The molecule has 1 aliphatic heterocycles. The summed E-state index contributed by atoms with van der Waals surface area (Å²) >= 11 is 0. The van der Waals surface area contributed by atoms with Gasteiger partial charge < -0.3 is 5.32 Å². The van der Waals surface area contributed by atoms with Crippen molar-refractivity contribution in [3.8, 4) is 0 Å². The molecule has 1 aromatic carbocycles. The average molecular weight is 272 g/mol. The molecule has 1 N–H and O–H groups in total. The Morgan fingerprint density at radius 2 is 1.95 bits per heavy atom. The standard InChI is InChI=1S/C16H20N2O2/c1-11(12-5-3-2-4-6-12)10-17-14-9-15(19)18(16(14)20)13-7-8-13/h2-6,11,13-14,17H,7-10H2,1H3. The predicted octanol–water partition coefficient (Wildman–Crippen LogP) is 1.67. The van der Waals surface area contributed by atoms with E-state index in [9.17, 15) is 9.59 Å². The monoisotopic (exact) mass is 272 g/mol. The van der Waals surface area contributed by atoms with E-state index in [1.165, 1.54) is 10.5 Å². The summed E-state index contributed by atoms with van der Waals surface area (Å²) in [6, 6.07) is 10.1. The van der Waals surface area contributed by atoms with Crippen LogP contribution in [0.5, 0.6) is 0 Å². The van der Waals surface area contributed by atoms with E-state index in [4.69, 9.17) is 0 Å². The van der Waals surface area contributed by atoms with E-state index in [1.807, 2.05) is 18.2 Å². The van der Waals surface area contributed by atoms with E-state index in [0.717, 1.165) is 12.8 Å². The van der Waals surface area contributed by atoms with Crippen LogP contribution in [-0.4, -0.2) is 35.3 Å². The molecule has 1 heterocycles. The molecule has 4 nitrogen and oxygen atoms in total. The van der Waals surface area contributed by atoms with E-state index < -0.39 is 0 Å². The van der Waals surface area contributed by atoms with Crippen LogP contribution in [-0.2, 0) is 9.59 Å². The molecule has 1 saturated heterocycles. The van der Waals surface area contributed by atoms with Crippen molar-refractivity contribution in [2.24, 2.45) is 0 Å². The number of imide groups is 1. The van der Waals surface area contributed by atoms with Gasteiger partial charge in [-0.05, 0) is 24.3 Å². The van der Waals surface area contributed by atoms with Crippen molar-refractivity contribution < 1.29 is 9.59 Å². The zero-order chi connectivity index (χ0) is 14.1. The Morgan fingerprint density at radius 1 is 1.25 bits per heavy atom. The second kappa shape index (κ2) is 5.37. The summed E-state index contributed by atoms with van der Waals surface area (Å²) in [4.78, 5) is 25.5. The minimum absolute atomic E-state index is 0.0117. The van der Waals surface area contributed by atoms with E-state index in [1.54, 1.807) is 0 Å². The molecule has 1 aliphatic carbocycles. The highest BCUT2D eigenvalue weighted by atomic mass is 16.2. The Morgan fingerprint density at radius 3 is 2.60 bits per heavy atom. The summed E-state index contributed by atoms with van der Waals surface area (Å²) in [5.74, 6) is 0.286. The maximum atomic E-state index is 12.2. The zero-order valence-corrected chi connectivity index (χ0v) is 11.7. The molecule has 1 saturated carbocycles. The van der Waals surface area contributed by atoms with Gasteiger partial charge in [-0.3, -0.25) is 14.5 Å². The Bertz CT molecular complexity index is 510. The van der Waals surface area contributed by atoms with Gasteiger partial charge in [-0.1, -0.05) is 37.3 Å². The molecule has 0 aromatic heterocycles. The number of benzene rings is 1. The van der Waals surface area contributed by atoms with Gasteiger partial charge in [0.05, 0.1) is 12.5 Å². The van der Waals surface area contributed by atoms with Crippen LogP contribution in [0.1, 0.15) is 37.7 Å². The fraction of sp³-hybridized carbons (Fsp3) is 0.500. The van der Waals surface area contributed by atoms with Crippen molar-refractivity contribution in [2.75, 3.05) is 6.54 Å². The third-order valence-electron chi connectivity index (χ3n) is 4.13. The van der Waals surface area contributed by atoms with Crippen LogP contribution in [0.25, 0.3) is 0 Å². The highest BCUT2D eigenvalue weighted by Gasteiger charge is 2.45. The number of amides is 2. The van der Waals surface area contributed by atoms with Gasteiger partial charge in [-0.15, -0.1) is 0 Å². The molecular formula is C16H20N2O2. The van der Waals surface area contributed by atoms with Crippen molar-refractivity contribution in [3.63, 3.8) is 0 Å². The number of hydrogen-bond acceptors (Lipinski definition) is 3. The van der Waals surface area contributed by atoms with Gasteiger partial charge in [-0.25, -0.2) is 0 Å². The summed E-state index contributed by atoms with van der Waals surface area (Å²) in [5.41, 5.74) is 1.25. The number of nitrogens with zero attached hydrogens (tertiary/aromatic N) is 1. The number of carbonyl (C=O) groups is 2. The highest BCUT2D eigenvalue weighted by Crippen LogP contribution is 2.31. The number of nitrogens with one attached hydrogen (secondary N) is 1. The van der Waals surface area contributed by atoms with Crippen LogP contribution >= 0.6 is 0 Å². The molecule has 2 amide bonds. The summed E-state index contributed by atoms with van der Waals surface area (Å²) < 4.78 is 0. The first-order chi connectivity index (χ1) is 9.66. The first kappa shape index (κ1) is 13.3. The quantitative estimate of drug-likeness (QED) is 0.830. The average Bonchev–Trinajstić information content (AvgIpc) is 3.24. The second-order valence-electron chi connectivity index (χ2n) is 5.81. The highest BCUT2D eigenvalue weighted by molar-refractivity contribution is 6.06. The molecule has 0 bridgehead atoms. The number of carbonyl (C=O) groups excluding carboxylic acids is 2. The lowest BCUT2D eigenvalue weighted by atomic mass is 10.0. The summed E-state index contributed by atoms with van der Waals surface area (Å²) in [5, 5.41) is 3.26. The third kappa shape index (κ3) is 2.61. The fourth-order valence-corrected chi connectivity index (χ4v) is 2.75. The van der Waals surface area contributed by atoms with Crippen LogP contribution < -0.4 is 5.32 Å². The Labute approximate surface area is 119 Å². The summed E-state index contributed by atoms with van der Waals surface area (Å²) in [6.07, 6.45) is 2.27. The van der Waals surface area contributed by atoms with Crippen LogP contribution in [0.3, 0.4) is 0 Å². The Balaban J connectivity index is 1.56. The molecular weight excluding hydrogens is 252 g/mol. The second-order valence-corrected chi connectivity index (χ2v) is 5.81.